The normalized spacial score (nSPS) is 11.6. The van der Waals surface area contributed by atoms with Gasteiger partial charge in [-0.05, 0) is 66.6 Å². The average Bonchev–Trinajstić information content (AvgIpc) is 3.49. The van der Waals surface area contributed by atoms with Gasteiger partial charge in [0.05, 0.1) is 5.69 Å². The Morgan fingerprint density at radius 2 is 1.53 bits per heavy atom. The maximum atomic E-state index is 6.41. The Morgan fingerprint density at radius 1 is 0.756 bits per heavy atom. The largest absolute Gasteiger partial charge is 2.00 e. The fourth-order valence-corrected chi connectivity index (χ4v) is 5.98. The molecule has 0 saturated heterocycles. The molecular formula is C39H34N4OPt. The van der Waals surface area contributed by atoms with Gasteiger partial charge in [-0.2, -0.15) is 17.2 Å². The minimum atomic E-state index is -0.000788. The van der Waals surface area contributed by atoms with Crippen LogP contribution in [0.15, 0.2) is 97.2 Å². The van der Waals surface area contributed by atoms with Crippen LogP contribution in [0.5, 0.6) is 11.5 Å². The average molecular weight is 770 g/mol. The van der Waals surface area contributed by atoms with Crippen molar-refractivity contribution in [1.82, 2.24) is 19.3 Å². The fraction of sp³-hybridized carbons (Fsp3) is 0.179. The van der Waals surface area contributed by atoms with E-state index in [9.17, 15) is 0 Å². The van der Waals surface area contributed by atoms with E-state index < -0.39 is 0 Å². The van der Waals surface area contributed by atoms with Gasteiger partial charge in [0.1, 0.15) is 5.82 Å². The topological polar surface area (TPSA) is 44.9 Å². The van der Waals surface area contributed by atoms with Gasteiger partial charge < -0.3 is 9.30 Å². The molecule has 0 aliphatic rings. The molecule has 0 atom stereocenters. The monoisotopic (exact) mass is 769 g/mol. The molecule has 6 heteroatoms. The molecule has 0 N–H and O–H groups in total. The number of hydrogen-bond donors (Lipinski definition) is 0. The van der Waals surface area contributed by atoms with Crippen molar-refractivity contribution < 1.29 is 25.8 Å². The SMILES string of the molecule is Cc1ccc2c(c1)c1ccc(Oc3[c-]c(-n4nc(C)c(-c5ccccc5)c4C)ccc3)[c-]c1n2-c1cc(C(C)(C)C)ccn1.[Pt+2]. The number of pyridine rings is 1. The Hall–Kier alpha value is -4.47. The summed E-state index contributed by atoms with van der Waals surface area (Å²) in [5, 5.41) is 7.13. The van der Waals surface area contributed by atoms with E-state index in [0.717, 1.165) is 55.8 Å². The molecule has 4 aromatic carbocycles. The first-order valence-corrected chi connectivity index (χ1v) is 14.9. The molecular weight excluding hydrogens is 736 g/mol. The zero-order chi connectivity index (χ0) is 30.6. The molecule has 0 spiro atoms. The zero-order valence-corrected chi connectivity index (χ0v) is 28.5. The van der Waals surface area contributed by atoms with Crippen LogP contribution in [0.2, 0.25) is 0 Å². The summed E-state index contributed by atoms with van der Waals surface area (Å²) in [7, 11) is 0. The summed E-state index contributed by atoms with van der Waals surface area (Å²) in [6.07, 6.45) is 1.89. The molecule has 3 aromatic heterocycles. The first kappa shape index (κ1) is 30.6. The van der Waals surface area contributed by atoms with Gasteiger partial charge in [-0.1, -0.05) is 74.3 Å². The number of fused-ring (bicyclic) bond motifs is 3. The number of rotatable bonds is 5. The third-order valence-corrected chi connectivity index (χ3v) is 8.20. The second-order valence-corrected chi connectivity index (χ2v) is 12.4. The van der Waals surface area contributed by atoms with Crippen molar-refractivity contribution in [2.75, 3.05) is 0 Å². The first-order valence-electron chi connectivity index (χ1n) is 14.9. The summed E-state index contributed by atoms with van der Waals surface area (Å²) in [6.45, 7) is 12.9. The number of hydrogen-bond acceptors (Lipinski definition) is 3. The summed E-state index contributed by atoms with van der Waals surface area (Å²) < 4.78 is 10.5. The smallest absolute Gasteiger partial charge is 0.509 e. The molecule has 3 heterocycles. The Balaban J connectivity index is 0.00000357. The summed E-state index contributed by atoms with van der Waals surface area (Å²) in [4.78, 5) is 4.80. The second kappa shape index (κ2) is 11.8. The predicted octanol–water partition coefficient (Wildman–Crippen LogP) is 9.64. The van der Waals surface area contributed by atoms with E-state index in [-0.39, 0.29) is 26.5 Å². The molecule has 7 rings (SSSR count). The summed E-state index contributed by atoms with van der Waals surface area (Å²) in [5.74, 6) is 2.07. The van der Waals surface area contributed by atoms with E-state index in [2.05, 4.69) is 112 Å². The molecule has 5 nitrogen and oxygen atoms in total. The number of benzene rings is 4. The van der Waals surface area contributed by atoms with E-state index in [1.807, 2.05) is 48.1 Å². The predicted molar refractivity (Wildman–Crippen MR) is 178 cm³/mol. The molecule has 0 amide bonds. The number of ether oxygens (including phenoxy) is 1. The Labute approximate surface area is 278 Å². The van der Waals surface area contributed by atoms with Crippen LogP contribution < -0.4 is 4.74 Å². The molecule has 0 bridgehead atoms. The quantitative estimate of drug-likeness (QED) is 0.164. The van der Waals surface area contributed by atoms with Crippen molar-refractivity contribution in [1.29, 1.82) is 0 Å². The minimum Gasteiger partial charge on any atom is -0.509 e. The van der Waals surface area contributed by atoms with Crippen LogP contribution in [0.25, 0.3) is 44.4 Å². The van der Waals surface area contributed by atoms with Gasteiger partial charge in [0.15, 0.2) is 0 Å². The molecule has 226 valence electrons. The van der Waals surface area contributed by atoms with Crippen molar-refractivity contribution in [3.8, 4) is 34.1 Å². The third kappa shape index (κ3) is 5.62. The first-order chi connectivity index (χ1) is 21.2. The third-order valence-electron chi connectivity index (χ3n) is 8.20. The zero-order valence-electron chi connectivity index (χ0n) is 26.3. The summed E-state index contributed by atoms with van der Waals surface area (Å²) in [5.41, 5.74) is 9.57. The maximum absolute atomic E-state index is 6.41. The van der Waals surface area contributed by atoms with E-state index in [0.29, 0.717) is 11.5 Å². The van der Waals surface area contributed by atoms with Crippen LogP contribution in [0.3, 0.4) is 0 Å². The van der Waals surface area contributed by atoms with Gasteiger partial charge in [0, 0.05) is 34.5 Å². The van der Waals surface area contributed by atoms with Crippen molar-refractivity contribution in [3.05, 3.63) is 132 Å². The standard InChI is InChI=1S/C39H34N4O.Pt/c1-25-15-18-35-34(21-25)33-17-16-32(24-36(33)42(35)37-22-29(19-20-40-37)39(4,5)6)44-31-14-10-13-30(23-31)43-27(3)38(26(2)41-43)28-11-8-7-9-12-28;/h7-22H,1-6H3;/q-2;+2. The van der Waals surface area contributed by atoms with Crippen LogP contribution in [0.1, 0.15) is 43.3 Å². The van der Waals surface area contributed by atoms with Gasteiger partial charge in [-0.3, -0.25) is 4.68 Å². The molecule has 0 unspecified atom stereocenters. The Morgan fingerprint density at radius 3 is 2.31 bits per heavy atom. The molecule has 0 radical (unpaired) electrons. The second-order valence-electron chi connectivity index (χ2n) is 12.4. The van der Waals surface area contributed by atoms with E-state index >= 15 is 0 Å². The molecule has 0 aliphatic heterocycles. The van der Waals surface area contributed by atoms with Crippen LogP contribution in [-0.4, -0.2) is 19.3 Å². The van der Waals surface area contributed by atoms with Crippen LogP contribution in [0, 0.1) is 32.9 Å². The van der Waals surface area contributed by atoms with Gasteiger partial charge in [-0.25, -0.2) is 4.98 Å². The number of aromatic nitrogens is 4. The summed E-state index contributed by atoms with van der Waals surface area (Å²) in [6, 6.07) is 38.2. The van der Waals surface area contributed by atoms with E-state index in [4.69, 9.17) is 14.8 Å². The van der Waals surface area contributed by atoms with Gasteiger partial charge in [0.25, 0.3) is 0 Å². The van der Waals surface area contributed by atoms with Gasteiger partial charge in [-0.15, -0.1) is 35.7 Å². The van der Waals surface area contributed by atoms with Crippen LogP contribution >= 0.6 is 0 Å². The van der Waals surface area contributed by atoms with Crippen LogP contribution in [0.4, 0.5) is 0 Å². The van der Waals surface area contributed by atoms with E-state index in [1.165, 1.54) is 11.1 Å². The Kier molecular flexibility index (Phi) is 8.01. The van der Waals surface area contributed by atoms with Crippen molar-refractivity contribution in [3.63, 3.8) is 0 Å². The minimum absolute atomic E-state index is 0. The molecule has 45 heavy (non-hydrogen) atoms. The van der Waals surface area contributed by atoms with Crippen molar-refractivity contribution in [2.24, 2.45) is 0 Å². The molecule has 7 aromatic rings. The van der Waals surface area contributed by atoms with E-state index in [1.54, 1.807) is 0 Å². The molecule has 0 fully saturated rings. The van der Waals surface area contributed by atoms with Crippen molar-refractivity contribution in [2.45, 2.75) is 47.0 Å². The number of aryl methyl sites for hydroxylation is 2. The van der Waals surface area contributed by atoms with Gasteiger partial charge in [0.2, 0.25) is 0 Å². The van der Waals surface area contributed by atoms with Crippen molar-refractivity contribution >= 4 is 21.8 Å². The van der Waals surface area contributed by atoms with Crippen LogP contribution in [-0.2, 0) is 26.5 Å². The number of nitrogens with zero attached hydrogens (tertiary/aromatic N) is 4. The summed E-state index contributed by atoms with van der Waals surface area (Å²) >= 11 is 0. The maximum Gasteiger partial charge on any atom is 2.00 e. The van der Waals surface area contributed by atoms with Gasteiger partial charge >= 0.3 is 21.1 Å². The fourth-order valence-electron chi connectivity index (χ4n) is 5.98. The molecule has 0 saturated carbocycles. The molecule has 0 aliphatic carbocycles. The Bertz CT molecular complexity index is 2170.